The molecule has 1 amide bonds. The first-order valence-electron chi connectivity index (χ1n) is 9.47. The molecule has 4 rings (SSSR count). The van der Waals surface area contributed by atoms with Gasteiger partial charge in [0.1, 0.15) is 21.6 Å². The van der Waals surface area contributed by atoms with Crippen molar-refractivity contribution in [2.45, 2.75) is 38.6 Å². The van der Waals surface area contributed by atoms with Crippen LogP contribution >= 0.6 is 24.0 Å². The first-order chi connectivity index (χ1) is 14.0. The molecule has 0 unspecified atom stereocenters. The fourth-order valence-electron chi connectivity index (χ4n) is 3.69. The number of benzene rings is 1. The SMILES string of the molecule is CCOc1ccc(F)c(F)c1-c1ccc(C=C2SC(=S)N(C3CCCC3)C2=O)o1. The number of furan rings is 1. The summed E-state index contributed by atoms with van der Waals surface area (Å²) in [6.07, 6.45) is 5.72. The van der Waals surface area contributed by atoms with Crippen LogP contribution in [0.25, 0.3) is 17.4 Å². The van der Waals surface area contributed by atoms with Crippen molar-refractivity contribution < 1.29 is 22.7 Å². The number of thioether (sulfide) groups is 1. The molecule has 1 aromatic heterocycles. The lowest BCUT2D eigenvalue weighted by Gasteiger charge is -2.21. The zero-order chi connectivity index (χ0) is 20.5. The molecule has 0 atom stereocenters. The zero-order valence-corrected chi connectivity index (χ0v) is 17.4. The topological polar surface area (TPSA) is 42.7 Å². The predicted molar refractivity (Wildman–Crippen MR) is 112 cm³/mol. The standard InChI is InChI=1S/C21H19F2NO3S2/c1-2-26-15-10-8-14(22)19(23)18(15)16-9-7-13(27-16)11-17-20(25)24(21(28)29-17)12-5-3-4-6-12/h7-12H,2-6H2,1H3. The Labute approximate surface area is 176 Å². The summed E-state index contributed by atoms with van der Waals surface area (Å²) in [6, 6.07) is 5.69. The van der Waals surface area contributed by atoms with E-state index in [0.29, 0.717) is 21.6 Å². The second-order valence-corrected chi connectivity index (χ2v) is 8.54. The summed E-state index contributed by atoms with van der Waals surface area (Å²) >= 11 is 6.63. The quantitative estimate of drug-likeness (QED) is 0.441. The van der Waals surface area contributed by atoms with Gasteiger partial charge >= 0.3 is 0 Å². The van der Waals surface area contributed by atoms with Crippen molar-refractivity contribution in [3.8, 4) is 17.1 Å². The fourth-order valence-corrected chi connectivity index (χ4v) is 5.07. The molecule has 2 aliphatic rings. The molecule has 0 bridgehead atoms. The van der Waals surface area contributed by atoms with E-state index in [1.165, 1.54) is 23.9 Å². The molecule has 0 N–H and O–H groups in total. The van der Waals surface area contributed by atoms with E-state index in [2.05, 4.69) is 0 Å². The second kappa shape index (κ2) is 8.28. The first-order valence-corrected chi connectivity index (χ1v) is 10.7. The molecule has 0 spiro atoms. The average molecular weight is 436 g/mol. The van der Waals surface area contributed by atoms with Gasteiger partial charge in [-0.2, -0.15) is 0 Å². The highest BCUT2D eigenvalue weighted by Gasteiger charge is 2.38. The van der Waals surface area contributed by atoms with Crippen LogP contribution in [0.2, 0.25) is 0 Å². The summed E-state index contributed by atoms with van der Waals surface area (Å²) < 4.78 is 39.8. The lowest BCUT2D eigenvalue weighted by Crippen LogP contribution is -2.36. The van der Waals surface area contributed by atoms with Gasteiger partial charge in [0.05, 0.1) is 17.1 Å². The maximum atomic E-state index is 14.4. The maximum Gasteiger partial charge on any atom is 0.266 e. The minimum Gasteiger partial charge on any atom is -0.493 e. The van der Waals surface area contributed by atoms with Crippen LogP contribution in [0.4, 0.5) is 8.78 Å². The molecule has 29 heavy (non-hydrogen) atoms. The lowest BCUT2D eigenvalue weighted by molar-refractivity contribution is -0.123. The third kappa shape index (κ3) is 3.83. The Morgan fingerprint density at radius 3 is 2.76 bits per heavy atom. The van der Waals surface area contributed by atoms with Gasteiger partial charge in [0, 0.05) is 12.1 Å². The van der Waals surface area contributed by atoms with Gasteiger partial charge in [-0.15, -0.1) is 0 Å². The van der Waals surface area contributed by atoms with E-state index >= 15 is 0 Å². The Hall–Kier alpha value is -2.19. The van der Waals surface area contributed by atoms with Gasteiger partial charge in [-0.1, -0.05) is 36.8 Å². The van der Waals surface area contributed by atoms with Crippen molar-refractivity contribution in [1.82, 2.24) is 4.90 Å². The summed E-state index contributed by atoms with van der Waals surface area (Å²) in [7, 11) is 0. The molecule has 2 fully saturated rings. The Morgan fingerprint density at radius 1 is 1.28 bits per heavy atom. The molecule has 1 aromatic carbocycles. The average Bonchev–Trinajstić information content (AvgIpc) is 3.41. The summed E-state index contributed by atoms with van der Waals surface area (Å²) in [4.78, 5) is 15.0. The molecule has 1 aliphatic carbocycles. The number of carbonyl (C=O) groups excluding carboxylic acids is 1. The van der Waals surface area contributed by atoms with E-state index < -0.39 is 11.6 Å². The van der Waals surface area contributed by atoms with Gasteiger partial charge in [0.15, 0.2) is 11.6 Å². The van der Waals surface area contributed by atoms with Gasteiger partial charge in [-0.05, 0) is 44.0 Å². The molecular weight excluding hydrogens is 416 g/mol. The van der Waals surface area contributed by atoms with Gasteiger partial charge in [0.25, 0.3) is 5.91 Å². The van der Waals surface area contributed by atoms with Crippen molar-refractivity contribution in [2.24, 2.45) is 0 Å². The minimum absolute atomic E-state index is 0.0787. The van der Waals surface area contributed by atoms with Gasteiger partial charge < -0.3 is 9.15 Å². The Balaban J connectivity index is 1.63. The molecule has 8 heteroatoms. The van der Waals surface area contributed by atoms with E-state index in [1.807, 2.05) is 0 Å². The molecule has 1 aliphatic heterocycles. The molecule has 1 saturated carbocycles. The largest absolute Gasteiger partial charge is 0.493 e. The van der Waals surface area contributed by atoms with E-state index in [0.717, 1.165) is 31.7 Å². The number of carbonyl (C=O) groups is 1. The van der Waals surface area contributed by atoms with E-state index in [1.54, 1.807) is 24.0 Å². The third-order valence-electron chi connectivity index (χ3n) is 5.02. The van der Waals surface area contributed by atoms with Crippen LogP contribution in [-0.2, 0) is 4.79 Å². The Morgan fingerprint density at radius 2 is 2.03 bits per heavy atom. The Bertz CT molecular complexity index is 996. The van der Waals surface area contributed by atoms with Crippen LogP contribution < -0.4 is 4.74 Å². The fraction of sp³-hybridized carbons (Fsp3) is 0.333. The molecule has 0 radical (unpaired) electrons. The third-order valence-corrected chi connectivity index (χ3v) is 6.35. The van der Waals surface area contributed by atoms with E-state index in [-0.39, 0.29) is 29.0 Å². The number of hydrogen-bond acceptors (Lipinski definition) is 5. The van der Waals surface area contributed by atoms with Crippen LogP contribution in [0.5, 0.6) is 5.75 Å². The smallest absolute Gasteiger partial charge is 0.266 e. The number of halogens is 2. The number of rotatable bonds is 5. The highest BCUT2D eigenvalue weighted by atomic mass is 32.2. The summed E-state index contributed by atoms with van der Waals surface area (Å²) in [6.45, 7) is 2.06. The minimum atomic E-state index is -1.04. The number of ether oxygens (including phenoxy) is 1. The molecule has 152 valence electrons. The van der Waals surface area contributed by atoms with Crippen LogP contribution in [0.1, 0.15) is 38.4 Å². The summed E-state index contributed by atoms with van der Waals surface area (Å²) in [5, 5.41) is 0. The van der Waals surface area contributed by atoms with Crippen molar-refractivity contribution in [3.05, 3.63) is 46.6 Å². The molecular formula is C21H19F2NO3S2. The van der Waals surface area contributed by atoms with E-state index in [9.17, 15) is 13.6 Å². The molecule has 2 aromatic rings. The number of amides is 1. The molecule has 2 heterocycles. The van der Waals surface area contributed by atoms with Gasteiger partial charge in [-0.3, -0.25) is 9.69 Å². The van der Waals surface area contributed by atoms with Crippen molar-refractivity contribution >= 4 is 40.3 Å². The van der Waals surface area contributed by atoms with Crippen LogP contribution in [0, 0.1) is 11.6 Å². The predicted octanol–water partition coefficient (Wildman–Crippen LogP) is 5.77. The van der Waals surface area contributed by atoms with E-state index in [4.69, 9.17) is 21.4 Å². The molecule has 1 saturated heterocycles. The van der Waals surface area contributed by atoms with Crippen LogP contribution in [0.15, 0.2) is 33.6 Å². The summed E-state index contributed by atoms with van der Waals surface area (Å²) in [5.41, 5.74) is -0.0787. The monoisotopic (exact) mass is 435 g/mol. The number of hydrogen-bond donors (Lipinski definition) is 0. The zero-order valence-electron chi connectivity index (χ0n) is 15.7. The van der Waals surface area contributed by atoms with Crippen LogP contribution in [0.3, 0.4) is 0 Å². The van der Waals surface area contributed by atoms with Crippen molar-refractivity contribution in [3.63, 3.8) is 0 Å². The molecule has 4 nitrogen and oxygen atoms in total. The second-order valence-electron chi connectivity index (χ2n) is 6.86. The van der Waals surface area contributed by atoms with Crippen molar-refractivity contribution in [1.29, 1.82) is 0 Å². The Kier molecular flexibility index (Phi) is 5.74. The number of thiocarbonyl (C=S) groups is 1. The number of nitrogens with zero attached hydrogens (tertiary/aromatic N) is 1. The highest BCUT2D eigenvalue weighted by Crippen LogP contribution is 2.39. The van der Waals surface area contributed by atoms with Gasteiger partial charge in [0.2, 0.25) is 0 Å². The highest BCUT2D eigenvalue weighted by molar-refractivity contribution is 8.26. The van der Waals surface area contributed by atoms with Crippen molar-refractivity contribution in [2.75, 3.05) is 6.61 Å². The van der Waals surface area contributed by atoms with Gasteiger partial charge in [-0.25, -0.2) is 8.78 Å². The maximum absolute atomic E-state index is 14.4. The summed E-state index contributed by atoms with van der Waals surface area (Å²) in [5.74, 6) is -1.47. The first kappa shape index (κ1) is 20.1. The lowest BCUT2D eigenvalue weighted by atomic mass is 10.1. The van der Waals surface area contributed by atoms with Crippen LogP contribution in [-0.4, -0.2) is 27.8 Å². The normalized spacial score (nSPS) is 19.0.